The molecule has 0 bridgehead atoms. The molecule has 1 N–H and O–H groups in total. The van der Waals surface area contributed by atoms with Gasteiger partial charge in [0.05, 0.1) is 19.5 Å². The van der Waals surface area contributed by atoms with Gasteiger partial charge in [-0.05, 0) is 71.7 Å². The van der Waals surface area contributed by atoms with Gasteiger partial charge < -0.3 is 9.47 Å². The molecule has 1 aliphatic rings. The zero-order valence-corrected chi connectivity index (χ0v) is 19.7. The molecule has 0 spiro atoms. The third-order valence-corrected chi connectivity index (χ3v) is 8.21. The summed E-state index contributed by atoms with van der Waals surface area (Å²) in [4.78, 5) is 0.878. The Kier molecular flexibility index (Phi) is 5.97. The maximum atomic E-state index is 13.0. The van der Waals surface area contributed by atoms with Crippen LogP contribution in [0.5, 0.6) is 11.5 Å². The Bertz CT molecular complexity index is 1230. The van der Waals surface area contributed by atoms with E-state index in [0.717, 1.165) is 8.66 Å². The molecule has 3 aromatic rings. The SMILES string of the molecule is CC(C)S(=O)(=O)Nc1ccc2c(c1)C(c1ccc(Br)s1)Oc1cccc(OC(F)F)c1-2. The van der Waals surface area contributed by atoms with Crippen molar-refractivity contribution in [1.82, 2.24) is 0 Å². The number of fused-ring (bicyclic) bond motifs is 3. The van der Waals surface area contributed by atoms with Crippen molar-refractivity contribution in [1.29, 1.82) is 0 Å². The van der Waals surface area contributed by atoms with Gasteiger partial charge in [-0.15, -0.1) is 11.3 Å². The summed E-state index contributed by atoms with van der Waals surface area (Å²) in [6.45, 7) is 0.179. The molecule has 0 radical (unpaired) electrons. The van der Waals surface area contributed by atoms with Gasteiger partial charge >= 0.3 is 6.61 Å². The third kappa shape index (κ3) is 4.42. The minimum absolute atomic E-state index is 0.00456. The van der Waals surface area contributed by atoms with Crippen LogP contribution in [0.4, 0.5) is 14.5 Å². The molecule has 10 heteroatoms. The van der Waals surface area contributed by atoms with E-state index in [1.165, 1.54) is 17.4 Å². The first-order chi connectivity index (χ1) is 14.7. The average Bonchev–Trinajstić information content (AvgIpc) is 3.12. The zero-order valence-electron chi connectivity index (χ0n) is 16.4. The van der Waals surface area contributed by atoms with E-state index in [2.05, 4.69) is 20.7 Å². The molecule has 4 rings (SSSR count). The van der Waals surface area contributed by atoms with Crippen LogP contribution in [0, 0.1) is 0 Å². The highest BCUT2D eigenvalue weighted by molar-refractivity contribution is 9.11. The van der Waals surface area contributed by atoms with Crippen LogP contribution in [-0.4, -0.2) is 20.3 Å². The monoisotopic (exact) mass is 529 g/mol. The van der Waals surface area contributed by atoms with E-state index in [0.29, 0.717) is 28.1 Å². The van der Waals surface area contributed by atoms with Crippen molar-refractivity contribution in [3.63, 3.8) is 0 Å². The zero-order chi connectivity index (χ0) is 22.3. The predicted molar refractivity (Wildman–Crippen MR) is 121 cm³/mol. The van der Waals surface area contributed by atoms with E-state index >= 15 is 0 Å². The largest absolute Gasteiger partial charge is 0.479 e. The van der Waals surface area contributed by atoms with Crippen LogP contribution >= 0.6 is 27.3 Å². The molecule has 1 aliphatic heterocycles. The lowest BCUT2D eigenvalue weighted by atomic mass is 9.91. The molecule has 0 saturated heterocycles. The van der Waals surface area contributed by atoms with E-state index in [1.807, 2.05) is 12.1 Å². The van der Waals surface area contributed by atoms with E-state index in [-0.39, 0.29) is 5.75 Å². The molecule has 2 aromatic carbocycles. The van der Waals surface area contributed by atoms with Crippen molar-refractivity contribution in [2.24, 2.45) is 0 Å². The Morgan fingerprint density at radius 1 is 1.16 bits per heavy atom. The smallest absolute Gasteiger partial charge is 0.387 e. The molecule has 5 nitrogen and oxygen atoms in total. The first kappa shape index (κ1) is 22.0. The van der Waals surface area contributed by atoms with Gasteiger partial charge in [-0.3, -0.25) is 4.72 Å². The lowest BCUT2D eigenvalue weighted by Gasteiger charge is -2.30. The highest BCUT2D eigenvalue weighted by atomic mass is 79.9. The van der Waals surface area contributed by atoms with Crippen LogP contribution in [0.1, 0.15) is 30.4 Å². The predicted octanol–water partition coefficient (Wildman–Crippen LogP) is 6.41. The topological polar surface area (TPSA) is 64.6 Å². The van der Waals surface area contributed by atoms with Crippen LogP contribution < -0.4 is 14.2 Å². The second kappa shape index (κ2) is 8.40. The number of alkyl halides is 2. The number of anilines is 1. The Morgan fingerprint density at radius 2 is 1.94 bits per heavy atom. The molecule has 1 unspecified atom stereocenters. The van der Waals surface area contributed by atoms with Gasteiger partial charge in [-0.25, -0.2) is 8.42 Å². The quantitative estimate of drug-likeness (QED) is 0.400. The summed E-state index contributed by atoms with van der Waals surface area (Å²) < 4.78 is 65.1. The van der Waals surface area contributed by atoms with Crippen LogP contribution in [0.3, 0.4) is 0 Å². The molecule has 164 valence electrons. The Balaban J connectivity index is 1.88. The summed E-state index contributed by atoms with van der Waals surface area (Å²) >= 11 is 4.92. The first-order valence-electron chi connectivity index (χ1n) is 9.31. The Hall–Kier alpha value is -2.17. The fraction of sp³-hybridized carbons (Fsp3) is 0.238. The summed E-state index contributed by atoms with van der Waals surface area (Å²) in [5.74, 6) is 0.408. The number of rotatable bonds is 6. The van der Waals surface area contributed by atoms with E-state index < -0.39 is 28.0 Å². The lowest BCUT2D eigenvalue weighted by Crippen LogP contribution is -2.23. The molecule has 0 amide bonds. The van der Waals surface area contributed by atoms with Crippen LogP contribution in [0.2, 0.25) is 0 Å². The van der Waals surface area contributed by atoms with Crippen LogP contribution in [0.15, 0.2) is 52.3 Å². The van der Waals surface area contributed by atoms with Gasteiger partial charge in [-0.1, -0.05) is 12.1 Å². The van der Waals surface area contributed by atoms with E-state index in [9.17, 15) is 17.2 Å². The summed E-state index contributed by atoms with van der Waals surface area (Å²) in [5, 5.41) is -0.615. The van der Waals surface area contributed by atoms with Crippen molar-refractivity contribution in [2.75, 3.05) is 4.72 Å². The van der Waals surface area contributed by atoms with Gasteiger partial charge in [0.1, 0.15) is 11.5 Å². The number of nitrogens with one attached hydrogen (secondary N) is 1. The average molecular weight is 530 g/mol. The fourth-order valence-electron chi connectivity index (χ4n) is 3.29. The number of halogens is 3. The van der Waals surface area contributed by atoms with Gasteiger partial charge in [0.25, 0.3) is 0 Å². The maximum Gasteiger partial charge on any atom is 0.387 e. The number of ether oxygens (including phenoxy) is 2. The molecule has 1 aromatic heterocycles. The number of benzene rings is 2. The molecule has 0 saturated carbocycles. The highest BCUT2D eigenvalue weighted by Crippen LogP contribution is 2.50. The van der Waals surface area contributed by atoms with Gasteiger partial charge in [0, 0.05) is 11.3 Å². The maximum absolute atomic E-state index is 13.0. The highest BCUT2D eigenvalue weighted by Gasteiger charge is 2.32. The van der Waals surface area contributed by atoms with Gasteiger partial charge in [-0.2, -0.15) is 8.78 Å². The van der Waals surface area contributed by atoms with Crippen molar-refractivity contribution >= 4 is 43.0 Å². The molecule has 0 aliphatic carbocycles. The molecular formula is C21H18BrF2NO4S2. The molecule has 0 fully saturated rings. The fourth-order valence-corrected chi connectivity index (χ4v) is 5.46. The lowest BCUT2D eigenvalue weighted by molar-refractivity contribution is -0.0496. The van der Waals surface area contributed by atoms with Crippen molar-refractivity contribution in [3.05, 3.63) is 62.8 Å². The minimum atomic E-state index is -3.56. The number of thiophene rings is 1. The van der Waals surface area contributed by atoms with E-state index in [1.54, 1.807) is 44.2 Å². The van der Waals surface area contributed by atoms with Gasteiger partial charge in [0.2, 0.25) is 10.0 Å². The molecule has 31 heavy (non-hydrogen) atoms. The van der Waals surface area contributed by atoms with E-state index in [4.69, 9.17) is 9.47 Å². The summed E-state index contributed by atoms with van der Waals surface area (Å²) in [5.41, 5.74) is 2.06. The molecular weight excluding hydrogens is 512 g/mol. The molecule has 1 atom stereocenters. The molecule has 2 heterocycles. The second-order valence-corrected chi connectivity index (χ2v) is 11.9. The van der Waals surface area contributed by atoms with Crippen molar-refractivity contribution in [2.45, 2.75) is 31.8 Å². The number of sulfonamides is 1. The summed E-state index contributed by atoms with van der Waals surface area (Å²) in [7, 11) is -3.56. The van der Waals surface area contributed by atoms with Crippen LogP contribution in [0.25, 0.3) is 11.1 Å². The normalized spacial score (nSPS) is 15.4. The minimum Gasteiger partial charge on any atom is -0.479 e. The van der Waals surface area contributed by atoms with Gasteiger partial charge in [0.15, 0.2) is 6.10 Å². The second-order valence-electron chi connectivity index (χ2n) is 7.15. The summed E-state index contributed by atoms with van der Waals surface area (Å²) in [6, 6.07) is 13.5. The Labute approximate surface area is 191 Å². The number of hydrogen-bond donors (Lipinski definition) is 1. The first-order valence-corrected chi connectivity index (χ1v) is 12.5. The standard InChI is InChI=1S/C21H18BrF2NO4S2/c1-11(2)31(26,27)25-12-6-7-13-14(10-12)20(17-8-9-18(22)30-17)28-15-4-3-5-16(19(13)15)29-21(23)24/h3-11,20-21,25H,1-2H3. The Morgan fingerprint density at radius 3 is 2.58 bits per heavy atom. The number of hydrogen-bond acceptors (Lipinski definition) is 5. The summed E-state index contributed by atoms with van der Waals surface area (Å²) in [6.07, 6.45) is -0.538. The third-order valence-electron chi connectivity index (χ3n) is 4.79. The van der Waals surface area contributed by atoms with Crippen LogP contribution in [-0.2, 0) is 10.0 Å². The van der Waals surface area contributed by atoms with Crippen molar-refractivity contribution < 1.29 is 26.7 Å². The van der Waals surface area contributed by atoms with Crippen molar-refractivity contribution in [3.8, 4) is 22.6 Å².